The molecule has 0 atom stereocenters. The zero-order chi connectivity index (χ0) is 24.9. The maximum absolute atomic E-state index is 13.4. The van der Waals surface area contributed by atoms with Crippen molar-refractivity contribution < 1.29 is 28.0 Å². The predicted molar refractivity (Wildman–Crippen MR) is 130 cm³/mol. The van der Waals surface area contributed by atoms with E-state index in [0.29, 0.717) is 39.0 Å². The third-order valence-electron chi connectivity index (χ3n) is 7.32. The van der Waals surface area contributed by atoms with Gasteiger partial charge in [0.25, 0.3) is 5.91 Å². The monoisotopic (exact) mass is 503 g/mol. The molecule has 0 aromatic heterocycles. The Morgan fingerprint density at radius 2 is 1.74 bits per heavy atom. The minimum absolute atomic E-state index is 0.0168. The number of allylic oxidation sites excluding steroid dienone is 3. The fourth-order valence-corrected chi connectivity index (χ4v) is 7.26. The Morgan fingerprint density at radius 3 is 2.43 bits per heavy atom. The molecule has 0 spiro atoms. The van der Waals surface area contributed by atoms with Gasteiger partial charge in [0, 0.05) is 58.3 Å². The number of hydrogen-bond acceptors (Lipinski definition) is 6. The molecule has 3 heterocycles. The molecule has 0 bridgehead atoms. The van der Waals surface area contributed by atoms with E-state index in [1.807, 2.05) is 29.2 Å². The quantitative estimate of drug-likeness (QED) is 0.265. The first-order valence-corrected chi connectivity index (χ1v) is 13.5. The third kappa shape index (κ3) is 5.35. The van der Waals surface area contributed by atoms with Gasteiger partial charge in [-0.2, -0.15) is 0 Å². The van der Waals surface area contributed by atoms with Crippen LogP contribution in [-0.4, -0.2) is 72.2 Å². The minimum atomic E-state index is -3.96. The first-order valence-electron chi connectivity index (χ1n) is 12.1. The van der Waals surface area contributed by atoms with Crippen molar-refractivity contribution in [1.82, 2.24) is 14.7 Å². The highest BCUT2D eigenvalue weighted by molar-refractivity contribution is 7.91. The third-order valence-corrected chi connectivity index (χ3v) is 9.95. The molecule has 2 N–H and O–H groups in total. The van der Waals surface area contributed by atoms with Crippen molar-refractivity contribution in [2.24, 2.45) is 5.92 Å². The molecule has 1 aromatic rings. The molecule has 0 radical (unpaired) electrons. The van der Waals surface area contributed by atoms with E-state index < -0.39 is 20.7 Å². The fraction of sp³-hybridized carbons (Fsp3) is 0.520. The Bertz CT molecular complexity index is 1090. The Hall–Kier alpha value is -2.53. The van der Waals surface area contributed by atoms with Crippen molar-refractivity contribution in [3.63, 3.8) is 0 Å². The number of benzene rings is 1. The molecule has 3 aliphatic rings. The highest BCUT2D eigenvalue weighted by atomic mass is 32.2. The van der Waals surface area contributed by atoms with Crippen LogP contribution in [0.3, 0.4) is 0 Å². The molecule has 10 heteroatoms. The summed E-state index contributed by atoms with van der Waals surface area (Å²) < 4.78 is 31.6. The Labute approximate surface area is 206 Å². The van der Waals surface area contributed by atoms with Crippen LogP contribution in [0.5, 0.6) is 0 Å². The number of sulfonamides is 1. The average molecular weight is 504 g/mol. The molecule has 0 saturated carbocycles. The second-order valence-corrected chi connectivity index (χ2v) is 11.6. The lowest BCUT2D eigenvalue weighted by molar-refractivity contribution is -0.134. The Morgan fingerprint density at radius 1 is 1.06 bits per heavy atom. The van der Waals surface area contributed by atoms with E-state index in [0.717, 1.165) is 6.42 Å². The maximum Gasteiger partial charge on any atom is 0.266 e. The van der Waals surface area contributed by atoms with Crippen molar-refractivity contribution in [1.29, 1.82) is 0 Å². The number of carbonyl (C=O) groups is 2. The summed E-state index contributed by atoms with van der Waals surface area (Å²) >= 11 is 0. The van der Waals surface area contributed by atoms with Gasteiger partial charge in [0.15, 0.2) is 4.75 Å². The van der Waals surface area contributed by atoms with Crippen LogP contribution in [0.4, 0.5) is 0 Å². The lowest BCUT2D eigenvalue weighted by Gasteiger charge is -2.40. The van der Waals surface area contributed by atoms with Crippen LogP contribution in [0, 0.1) is 5.92 Å². The maximum atomic E-state index is 13.4. The number of hydroxylamine groups is 1. The summed E-state index contributed by atoms with van der Waals surface area (Å²) in [6, 6.07) is 8.19. The van der Waals surface area contributed by atoms with Gasteiger partial charge in [-0.05, 0) is 36.3 Å². The number of fused-ring (bicyclic) bond motifs is 1. The van der Waals surface area contributed by atoms with E-state index in [-0.39, 0.29) is 37.9 Å². The van der Waals surface area contributed by atoms with Gasteiger partial charge >= 0.3 is 0 Å². The first kappa shape index (κ1) is 25.6. The van der Waals surface area contributed by atoms with Crippen LogP contribution in [0.15, 0.2) is 48.6 Å². The second kappa shape index (κ2) is 11.0. The lowest BCUT2D eigenvalue weighted by atomic mass is 9.97. The van der Waals surface area contributed by atoms with Crippen LogP contribution >= 0.6 is 0 Å². The zero-order valence-electron chi connectivity index (χ0n) is 19.8. The van der Waals surface area contributed by atoms with E-state index in [9.17, 15) is 23.2 Å². The summed E-state index contributed by atoms with van der Waals surface area (Å²) in [6.07, 6.45) is 9.31. The molecule has 2 saturated heterocycles. The molecule has 190 valence electrons. The van der Waals surface area contributed by atoms with E-state index in [1.165, 1.54) is 15.4 Å². The van der Waals surface area contributed by atoms with Gasteiger partial charge in [-0.1, -0.05) is 42.5 Å². The van der Waals surface area contributed by atoms with Crippen molar-refractivity contribution in [2.45, 2.75) is 43.4 Å². The van der Waals surface area contributed by atoms with Crippen LogP contribution in [0.25, 0.3) is 0 Å². The van der Waals surface area contributed by atoms with E-state index in [4.69, 9.17) is 4.74 Å². The summed E-state index contributed by atoms with van der Waals surface area (Å²) in [5, 5.41) is 9.18. The van der Waals surface area contributed by atoms with Crippen molar-refractivity contribution >= 4 is 21.8 Å². The molecule has 0 unspecified atom stereocenters. The Kier molecular flexibility index (Phi) is 8.05. The number of carbonyl (C=O) groups excluding carboxylic acids is 2. The van der Waals surface area contributed by atoms with E-state index in [2.05, 4.69) is 12.1 Å². The smallest absolute Gasteiger partial charge is 0.266 e. The van der Waals surface area contributed by atoms with E-state index in [1.54, 1.807) is 17.6 Å². The van der Waals surface area contributed by atoms with Crippen molar-refractivity contribution in [3.05, 3.63) is 59.7 Å². The number of amides is 2. The summed E-state index contributed by atoms with van der Waals surface area (Å²) in [5.41, 5.74) is 4.04. The van der Waals surface area contributed by atoms with Crippen molar-refractivity contribution in [2.75, 3.05) is 32.8 Å². The number of nitrogens with zero attached hydrogens (tertiary/aromatic N) is 2. The average Bonchev–Trinajstić information content (AvgIpc) is 2.90. The summed E-state index contributed by atoms with van der Waals surface area (Å²) in [6.45, 7) is 2.24. The number of ether oxygens (including phenoxy) is 1. The summed E-state index contributed by atoms with van der Waals surface area (Å²) in [5.74, 6) is -0.732. The Balaban J connectivity index is 1.29. The molecular formula is C25H33N3O6S. The van der Waals surface area contributed by atoms with Crippen LogP contribution in [0.2, 0.25) is 0 Å². The van der Waals surface area contributed by atoms with Gasteiger partial charge < -0.3 is 9.64 Å². The largest absolute Gasteiger partial charge is 0.381 e. The van der Waals surface area contributed by atoms with Crippen LogP contribution in [0.1, 0.15) is 36.8 Å². The SMILES string of the molecule is O=C(C=CC=CC1CCN(S(=O)(=O)C2(C(=O)NO)CCOCC2)CC1)N1CCc2ccccc2C1. The van der Waals surface area contributed by atoms with Crippen LogP contribution in [-0.2, 0) is 37.3 Å². The number of hydrogen-bond donors (Lipinski definition) is 2. The number of rotatable bonds is 6. The van der Waals surface area contributed by atoms with Crippen LogP contribution < -0.4 is 5.48 Å². The standard InChI is InChI=1S/C25H33N3O6S/c29-23(27-14-11-21-6-2-3-7-22(21)19-27)8-4-1-5-20-9-15-28(16-10-20)35(32,33)25(24(30)26-31)12-17-34-18-13-25/h1-8,20,31H,9-19H2,(H,26,30). The minimum Gasteiger partial charge on any atom is -0.381 e. The number of nitrogens with one attached hydrogen (secondary N) is 1. The topological polar surface area (TPSA) is 116 Å². The van der Waals surface area contributed by atoms with Gasteiger partial charge in [-0.3, -0.25) is 14.8 Å². The van der Waals surface area contributed by atoms with Gasteiger partial charge in [-0.15, -0.1) is 0 Å². The zero-order valence-corrected chi connectivity index (χ0v) is 20.6. The molecule has 35 heavy (non-hydrogen) atoms. The first-order chi connectivity index (χ1) is 16.9. The summed E-state index contributed by atoms with van der Waals surface area (Å²) in [7, 11) is -3.96. The van der Waals surface area contributed by atoms with Gasteiger partial charge in [-0.25, -0.2) is 18.2 Å². The lowest BCUT2D eigenvalue weighted by Crippen LogP contribution is -2.60. The highest BCUT2D eigenvalue weighted by Crippen LogP contribution is 2.35. The van der Waals surface area contributed by atoms with Gasteiger partial charge in [0.05, 0.1) is 0 Å². The fourth-order valence-electron chi connectivity index (χ4n) is 5.11. The molecule has 0 aliphatic carbocycles. The summed E-state index contributed by atoms with van der Waals surface area (Å²) in [4.78, 5) is 26.8. The molecule has 2 fully saturated rings. The number of piperidine rings is 1. The molecule has 2 amide bonds. The van der Waals surface area contributed by atoms with Gasteiger partial charge in [0.2, 0.25) is 15.9 Å². The molecule has 3 aliphatic heterocycles. The molecule has 9 nitrogen and oxygen atoms in total. The van der Waals surface area contributed by atoms with Crippen molar-refractivity contribution in [3.8, 4) is 0 Å². The highest BCUT2D eigenvalue weighted by Gasteiger charge is 2.54. The van der Waals surface area contributed by atoms with E-state index >= 15 is 0 Å². The molecular weight excluding hydrogens is 470 g/mol. The second-order valence-electron chi connectivity index (χ2n) is 9.31. The predicted octanol–water partition coefficient (Wildman–Crippen LogP) is 1.78. The molecule has 4 rings (SSSR count). The molecule has 1 aromatic carbocycles. The normalized spacial score (nSPS) is 21.8. The van der Waals surface area contributed by atoms with Gasteiger partial charge in [0.1, 0.15) is 0 Å².